The zero-order chi connectivity index (χ0) is 21.0. The van der Waals surface area contributed by atoms with E-state index in [1.54, 1.807) is 17.0 Å². The molecule has 1 aliphatic carbocycles. The standard InChI is InChI=1S/C19H24ClNO6S2/c20-17-7-6-16(28-17)15(22)5-8-19(24)27-11-18(23)21(13-3-1-2-4-13)14-9-10-29(25,26)12-14/h6-7,13-14H,1-5,8-12H2. The normalized spacial score (nSPS) is 21.2. The molecular weight excluding hydrogens is 438 g/mol. The topological polar surface area (TPSA) is 97.8 Å². The first-order valence-corrected chi connectivity index (χ1v) is 12.7. The number of ether oxygens (including phenoxy) is 1. The van der Waals surface area contributed by atoms with Crippen molar-refractivity contribution >= 4 is 50.4 Å². The lowest BCUT2D eigenvalue weighted by Gasteiger charge is -2.33. The summed E-state index contributed by atoms with van der Waals surface area (Å²) in [5.41, 5.74) is 0. The van der Waals surface area contributed by atoms with E-state index < -0.39 is 22.4 Å². The van der Waals surface area contributed by atoms with Crippen molar-refractivity contribution in [3.63, 3.8) is 0 Å². The molecule has 29 heavy (non-hydrogen) atoms. The quantitative estimate of drug-likeness (QED) is 0.436. The van der Waals surface area contributed by atoms with Crippen LogP contribution in [-0.4, -0.2) is 61.2 Å². The lowest BCUT2D eigenvalue weighted by Crippen LogP contribution is -2.48. The fourth-order valence-electron chi connectivity index (χ4n) is 3.97. The van der Waals surface area contributed by atoms with Gasteiger partial charge in [0.1, 0.15) is 0 Å². The molecule has 160 valence electrons. The summed E-state index contributed by atoms with van der Waals surface area (Å²) >= 11 is 6.95. The molecule has 1 saturated carbocycles. The molecule has 0 bridgehead atoms. The van der Waals surface area contributed by atoms with Gasteiger partial charge >= 0.3 is 5.97 Å². The van der Waals surface area contributed by atoms with Gasteiger partial charge in [-0.1, -0.05) is 24.4 Å². The van der Waals surface area contributed by atoms with Gasteiger partial charge in [-0.15, -0.1) is 11.3 Å². The van der Waals surface area contributed by atoms with Gasteiger partial charge in [0.05, 0.1) is 27.1 Å². The molecule has 1 aromatic heterocycles. The molecule has 2 heterocycles. The highest BCUT2D eigenvalue weighted by atomic mass is 35.5. The number of esters is 1. The van der Waals surface area contributed by atoms with E-state index in [1.807, 2.05) is 0 Å². The Kier molecular flexibility index (Phi) is 7.34. The molecule has 2 aliphatic rings. The Labute approximate surface area is 179 Å². The second-order valence-electron chi connectivity index (χ2n) is 7.48. The molecule has 0 radical (unpaired) electrons. The van der Waals surface area contributed by atoms with Crippen LogP contribution in [0.5, 0.6) is 0 Å². The lowest BCUT2D eigenvalue weighted by atomic mass is 10.1. The summed E-state index contributed by atoms with van der Waals surface area (Å²) in [4.78, 5) is 38.9. The van der Waals surface area contributed by atoms with Crippen LogP contribution in [0.1, 0.15) is 54.6 Å². The highest BCUT2D eigenvalue weighted by Crippen LogP contribution is 2.29. The number of halogens is 1. The summed E-state index contributed by atoms with van der Waals surface area (Å²) in [6.45, 7) is -0.426. The van der Waals surface area contributed by atoms with Crippen molar-refractivity contribution in [2.75, 3.05) is 18.1 Å². The first kappa shape index (κ1) is 22.2. The fourth-order valence-corrected chi connectivity index (χ4v) is 6.70. The van der Waals surface area contributed by atoms with Crippen LogP contribution in [0, 0.1) is 0 Å². The van der Waals surface area contributed by atoms with Crippen LogP contribution in [0.15, 0.2) is 12.1 Å². The Hall–Kier alpha value is -1.45. The third-order valence-corrected chi connectivity index (χ3v) is 8.39. The van der Waals surface area contributed by atoms with E-state index in [1.165, 1.54) is 0 Å². The molecule has 7 nitrogen and oxygen atoms in total. The number of sulfone groups is 1. The average Bonchev–Trinajstić information content (AvgIpc) is 3.40. The van der Waals surface area contributed by atoms with Crippen LogP contribution in [0.4, 0.5) is 0 Å². The Balaban J connectivity index is 1.51. The number of hydrogen-bond donors (Lipinski definition) is 0. The highest BCUT2D eigenvalue weighted by Gasteiger charge is 2.39. The second-order valence-corrected chi connectivity index (χ2v) is 11.4. The number of amides is 1. The minimum atomic E-state index is -3.13. The number of rotatable bonds is 8. The molecule has 2 fully saturated rings. The monoisotopic (exact) mass is 461 g/mol. The second kappa shape index (κ2) is 9.57. The van der Waals surface area contributed by atoms with Crippen molar-refractivity contribution in [2.45, 2.75) is 57.0 Å². The van der Waals surface area contributed by atoms with E-state index in [2.05, 4.69) is 0 Å². The van der Waals surface area contributed by atoms with Crippen molar-refractivity contribution in [2.24, 2.45) is 0 Å². The van der Waals surface area contributed by atoms with Gasteiger partial charge in [0, 0.05) is 18.5 Å². The summed E-state index contributed by atoms with van der Waals surface area (Å²) < 4.78 is 29.3. The smallest absolute Gasteiger partial charge is 0.306 e. The van der Waals surface area contributed by atoms with Crippen LogP contribution < -0.4 is 0 Å². The third-order valence-electron chi connectivity index (χ3n) is 5.37. The van der Waals surface area contributed by atoms with Crippen molar-refractivity contribution in [1.29, 1.82) is 0 Å². The van der Waals surface area contributed by atoms with E-state index >= 15 is 0 Å². The van der Waals surface area contributed by atoms with Crippen molar-refractivity contribution in [1.82, 2.24) is 4.90 Å². The molecule has 1 amide bonds. The first-order chi connectivity index (χ1) is 13.7. The Morgan fingerprint density at radius 3 is 2.41 bits per heavy atom. The first-order valence-electron chi connectivity index (χ1n) is 9.71. The van der Waals surface area contributed by atoms with Gasteiger partial charge in [-0.05, 0) is 31.4 Å². The number of thiophene rings is 1. The van der Waals surface area contributed by atoms with Crippen LogP contribution in [-0.2, 0) is 24.2 Å². The summed E-state index contributed by atoms with van der Waals surface area (Å²) in [6, 6.07) is 2.89. The third kappa shape index (κ3) is 6.02. The lowest BCUT2D eigenvalue weighted by molar-refractivity contribution is -0.154. The molecular formula is C19H24ClNO6S2. The van der Waals surface area contributed by atoms with Crippen LogP contribution in [0.2, 0.25) is 4.34 Å². The molecule has 0 spiro atoms. The van der Waals surface area contributed by atoms with Gasteiger partial charge in [0.2, 0.25) is 0 Å². The van der Waals surface area contributed by atoms with Crippen LogP contribution >= 0.6 is 22.9 Å². The molecule has 10 heteroatoms. The number of ketones is 1. The van der Waals surface area contributed by atoms with Crippen molar-refractivity contribution < 1.29 is 27.5 Å². The summed E-state index contributed by atoms with van der Waals surface area (Å²) in [7, 11) is -3.13. The zero-order valence-electron chi connectivity index (χ0n) is 16.0. The number of carbonyl (C=O) groups excluding carboxylic acids is 3. The van der Waals surface area contributed by atoms with Gasteiger partial charge in [0.15, 0.2) is 22.2 Å². The zero-order valence-corrected chi connectivity index (χ0v) is 18.4. The fraction of sp³-hybridized carbons (Fsp3) is 0.632. The molecule has 0 N–H and O–H groups in total. The van der Waals surface area contributed by atoms with Crippen LogP contribution in [0.3, 0.4) is 0 Å². The number of nitrogens with zero attached hydrogens (tertiary/aromatic N) is 1. The predicted molar refractivity (Wildman–Crippen MR) is 110 cm³/mol. The van der Waals surface area contributed by atoms with Gasteiger partial charge in [-0.3, -0.25) is 14.4 Å². The van der Waals surface area contributed by atoms with Gasteiger partial charge in [-0.25, -0.2) is 8.42 Å². The summed E-state index contributed by atoms with van der Waals surface area (Å²) in [6.07, 6.45) is 3.98. The number of carbonyl (C=O) groups is 3. The van der Waals surface area contributed by atoms with Gasteiger partial charge < -0.3 is 9.64 Å². The Bertz CT molecular complexity index is 875. The maximum atomic E-state index is 12.8. The molecule has 1 aromatic rings. The Morgan fingerprint density at radius 2 is 1.83 bits per heavy atom. The molecule has 1 atom stereocenters. The van der Waals surface area contributed by atoms with E-state index in [0.717, 1.165) is 37.0 Å². The van der Waals surface area contributed by atoms with Crippen molar-refractivity contribution in [3.8, 4) is 0 Å². The van der Waals surface area contributed by atoms with E-state index in [0.29, 0.717) is 15.6 Å². The predicted octanol–water partition coefficient (Wildman–Crippen LogP) is 2.87. The minimum Gasteiger partial charge on any atom is -0.456 e. The maximum Gasteiger partial charge on any atom is 0.306 e. The van der Waals surface area contributed by atoms with E-state index in [4.69, 9.17) is 16.3 Å². The summed E-state index contributed by atoms with van der Waals surface area (Å²) in [5.74, 6) is -1.12. The van der Waals surface area contributed by atoms with Crippen LogP contribution in [0.25, 0.3) is 0 Å². The SMILES string of the molecule is O=C(CCC(=O)c1ccc(Cl)s1)OCC(=O)N(C1CCCC1)C1CCS(=O)(=O)C1. The number of Topliss-reactive ketones (excluding diaryl/α,β-unsaturated/α-hetero) is 1. The van der Waals surface area contributed by atoms with E-state index in [9.17, 15) is 22.8 Å². The average molecular weight is 462 g/mol. The van der Waals surface area contributed by atoms with Crippen molar-refractivity contribution in [3.05, 3.63) is 21.3 Å². The molecule has 1 unspecified atom stereocenters. The minimum absolute atomic E-state index is 0.00431. The Morgan fingerprint density at radius 1 is 1.10 bits per heavy atom. The molecule has 3 rings (SSSR count). The molecule has 1 saturated heterocycles. The largest absolute Gasteiger partial charge is 0.456 e. The number of hydrogen-bond acceptors (Lipinski definition) is 7. The van der Waals surface area contributed by atoms with Gasteiger partial charge in [0.25, 0.3) is 5.91 Å². The maximum absolute atomic E-state index is 12.8. The highest BCUT2D eigenvalue weighted by molar-refractivity contribution is 7.91. The summed E-state index contributed by atoms with van der Waals surface area (Å²) in [5, 5.41) is 0. The van der Waals surface area contributed by atoms with Gasteiger partial charge in [-0.2, -0.15) is 0 Å². The molecule has 0 aromatic carbocycles. The molecule has 1 aliphatic heterocycles. The van der Waals surface area contributed by atoms with E-state index in [-0.39, 0.29) is 48.1 Å².